The number of morpholine rings is 1. The van der Waals surface area contributed by atoms with Gasteiger partial charge in [0.1, 0.15) is 5.78 Å². The molecule has 1 aliphatic carbocycles. The molecule has 1 aromatic rings. The Morgan fingerprint density at radius 3 is 2.19 bits per heavy atom. The Bertz CT molecular complexity index is 765. The largest absolute Gasteiger partial charge is 0.449 e. The highest BCUT2D eigenvalue weighted by molar-refractivity contribution is 5.86. The van der Waals surface area contributed by atoms with Gasteiger partial charge in [0.15, 0.2) is 5.60 Å². The summed E-state index contributed by atoms with van der Waals surface area (Å²) in [4.78, 5) is 38.4. The van der Waals surface area contributed by atoms with Gasteiger partial charge in [-0.05, 0) is 51.0 Å². The van der Waals surface area contributed by atoms with Crippen LogP contribution in [0.2, 0.25) is 0 Å². The molecule has 1 saturated carbocycles. The lowest BCUT2D eigenvalue weighted by Gasteiger charge is -2.51. The van der Waals surface area contributed by atoms with Crippen molar-refractivity contribution >= 4 is 17.7 Å². The molecule has 3 rings (SSSR count). The van der Waals surface area contributed by atoms with E-state index in [2.05, 4.69) is 17.0 Å². The first kappa shape index (κ1) is 23.4. The molecule has 1 heterocycles. The number of Topliss-reactive ketones (excluding diaryl/α,β-unsaturated/α-hetero) is 1. The second-order valence-electron chi connectivity index (χ2n) is 8.74. The number of esters is 1. The lowest BCUT2D eigenvalue weighted by molar-refractivity contribution is -0.176. The Hall–Kier alpha value is -2.25. The number of ether oxygens (including phenoxy) is 2. The smallest absolute Gasteiger partial charge is 0.306 e. The number of amides is 1. The van der Waals surface area contributed by atoms with E-state index in [-0.39, 0.29) is 17.7 Å². The predicted molar refractivity (Wildman–Crippen MR) is 116 cm³/mol. The van der Waals surface area contributed by atoms with Crippen molar-refractivity contribution in [1.82, 2.24) is 4.90 Å². The fraction of sp³-hybridized carbons (Fsp3) is 0.625. The number of ketones is 1. The van der Waals surface area contributed by atoms with Crippen molar-refractivity contribution in [2.45, 2.75) is 69.4 Å². The number of nitrogens with zero attached hydrogens (tertiary/aromatic N) is 1. The summed E-state index contributed by atoms with van der Waals surface area (Å²) in [6, 6.07) is 10.3. The maximum absolute atomic E-state index is 12.5. The fourth-order valence-corrected chi connectivity index (χ4v) is 4.91. The molecule has 0 atom stereocenters. The van der Waals surface area contributed by atoms with Crippen molar-refractivity contribution in [1.29, 1.82) is 0 Å². The molecule has 2 N–H and O–H groups in total. The van der Waals surface area contributed by atoms with E-state index in [1.165, 1.54) is 12.5 Å². The second-order valence-corrected chi connectivity index (χ2v) is 8.74. The number of rotatable bonds is 9. The number of nitrogens with two attached hydrogens (primary N) is 1. The molecule has 0 radical (unpaired) electrons. The Morgan fingerprint density at radius 1 is 1.00 bits per heavy atom. The first-order valence-electron chi connectivity index (χ1n) is 11.3. The first-order valence-corrected chi connectivity index (χ1v) is 11.3. The van der Waals surface area contributed by atoms with Crippen molar-refractivity contribution in [2.75, 3.05) is 26.3 Å². The van der Waals surface area contributed by atoms with Gasteiger partial charge in [0.2, 0.25) is 0 Å². The summed E-state index contributed by atoms with van der Waals surface area (Å²) in [5.74, 6) is -0.885. The van der Waals surface area contributed by atoms with Crippen molar-refractivity contribution in [3.8, 4) is 0 Å². The van der Waals surface area contributed by atoms with Crippen LogP contribution in [0.3, 0.4) is 0 Å². The fourth-order valence-electron chi connectivity index (χ4n) is 4.91. The van der Waals surface area contributed by atoms with Gasteiger partial charge >= 0.3 is 5.97 Å². The Morgan fingerprint density at radius 2 is 1.61 bits per heavy atom. The van der Waals surface area contributed by atoms with Crippen LogP contribution in [-0.4, -0.2) is 54.5 Å². The maximum atomic E-state index is 12.5. The third kappa shape index (κ3) is 5.52. The van der Waals surface area contributed by atoms with Crippen LogP contribution in [0.15, 0.2) is 30.3 Å². The van der Waals surface area contributed by atoms with E-state index in [1.54, 1.807) is 0 Å². The zero-order valence-corrected chi connectivity index (χ0v) is 18.4. The predicted octanol–water partition coefficient (Wildman–Crippen LogP) is 2.70. The molecule has 1 saturated heterocycles. The maximum Gasteiger partial charge on any atom is 0.306 e. The van der Waals surface area contributed by atoms with E-state index in [0.29, 0.717) is 58.2 Å². The number of carbonyl (C=O) groups is 3. The third-order valence-corrected chi connectivity index (χ3v) is 6.73. The molecule has 31 heavy (non-hydrogen) atoms. The van der Waals surface area contributed by atoms with Crippen molar-refractivity contribution in [2.24, 2.45) is 5.73 Å². The van der Waals surface area contributed by atoms with E-state index < -0.39 is 17.5 Å². The van der Waals surface area contributed by atoms with Crippen LogP contribution in [0.1, 0.15) is 63.9 Å². The van der Waals surface area contributed by atoms with Crippen LogP contribution < -0.4 is 5.73 Å². The van der Waals surface area contributed by atoms with E-state index >= 15 is 0 Å². The quantitative estimate of drug-likeness (QED) is 0.478. The van der Waals surface area contributed by atoms with Gasteiger partial charge in [-0.25, -0.2) is 0 Å². The zero-order chi connectivity index (χ0) is 22.3. The molecule has 170 valence electrons. The van der Waals surface area contributed by atoms with Crippen molar-refractivity contribution < 1.29 is 23.9 Å². The molecule has 1 aromatic carbocycles. The summed E-state index contributed by atoms with van der Waals surface area (Å²) < 4.78 is 11.3. The lowest BCUT2D eigenvalue weighted by Crippen LogP contribution is -2.58. The standard InChI is InChI=1S/C24H34N2O5/c1-19(27)7-5-6-10-21(28)31-24(22(25)29)13-11-23(12-14-24,20-8-3-2-4-9-20)26-15-17-30-18-16-26/h2-4,8-9H,5-7,10-18H2,1H3,(H2,25,29). The van der Waals surface area contributed by atoms with Crippen molar-refractivity contribution in [3.05, 3.63) is 35.9 Å². The Labute approximate surface area is 184 Å². The Balaban J connectivity index is 1.72. The molecule has 7 nitrogen and oxygen atoms in total. The monoisotopic (exact) mass is 430 g/mol. The summed E-state index contributed by atoms with van der Waals surface area (Å²) in [6.45, 7) is 4.56. The molecule has 0 unspecified atom stereocenters. The highest BCUT2D eigenvalue weighted by Crippen LogP contribution is 2.47. The van der Waals surface area contributed by atoms with Gasteiger partial charge in [-0.3, -0.25) is 14.5 Å². The van der Waals surface area contributed by atoms with Crippen LogP contribution >= 0.6 is 0 Å². The van der Waals surface area contributed by atoms with Crippen LogP contribution in [0, 0.1) is 0 Å². The molecule has 0 aromatic heterocycles. The summed E-state index contributed by atoms with van der Waals surface area (Å²) in [7, 11) is 0. The highest BCUT2D eigenvalue weighted by Gasteiger charge is 2.51. The number of carbonyl (C=O) groups excluding carboxylic acids is 3. The van der Waals surface area contributed by atoms with Crippen molar-refractivity contribution in [3.63, 3.8) is 0 Å². The van der Waals surface area contributed by atoms with E-state index in [0.717, 1.165) is 13.1 Å². The van der Waals surface area contributed by atoms with Gasteiger partial charge in [-0.2, -0.15) is 0 Å². The van der Waals surface area contributed by atoms with Crippen LogP contribution in [0.5, 0.6) is 0 Å². The zero-order valence-electron chi connectivity index (χ0n) is 18.4. The van der Waals surface area contributed by atoms with Crippen LogP contribution in [0.4, 0.5) is 0 Å². The summed E-state index contributed by atoms with van der Waals surface area (Å²) >= 11 is 0. The average Bonchev–Trinajstić information content (AvgIpc) is 2.78. The minimum absolute atomic E-state index is 0.106. The topological polar surface area (TPSA) is 98.9 Å². The molecule has 7 heteroatoms. The minimum atomic E-state index is -1.26. The SMILES string of the molecule is CC(=O)CCCCC(=O)OC1(C(N)=O)CCC(c2ccccc2)(N2CCOCC2)CC1. The number of hydrogen-bond donors (Lipinski definition) is 1. The van der Waals surface area contributed by atoms with E-state index in [1.807, 2.05) is 18.2 Å². The molecule has 0 spiro atoms. The summed E-state index contributed by atoms with van der Waals surface area (Å²) in [5, 5.41) is 0. The van der Waals surface area contributed by atoms with Gasteiger partial charge in [0, 0.05) is 31.5 Å². The number of unbranched alkanes of at least 4 members (excludes halogenated alkanes) is 1. The lowest BCUT2D eigenvalue weighted by atomic mass is 9.69. The van der Waals surface area contributed by atoms with Gasteiger partial charge in [-0.1, -0.05) is 30.3 Å². The highest BCUT2D eigenvalue weighted by atomic mass is 16.6. The third-order valence-electron chi connectivity index (χ3n) is 6.73. The number of primary amides is 1. The minimum Gasteiger partial charge on any atom is -0.449 e. The molecule has 2 fully saturated rings. The molecule has 1 aliphatic heterocycles. The van der Waals surface area contributed by atoms with Gasteiger partial charge in [0.05, 0.1) is 13.2 Å². The number of hydrogen-bond acceptors (Lipinski definition) is 6. The van der Waals surface area contributed by atoms with E-state index in [9.17, 15) is 14.4 Å². The molecule has 1 amide bonds. The summed E-state index contributed by atoms with van der Waals surface area (Å²) in [6.07, 6.45) is 4.00. The first-order chi connectivity index (χ1) is 14.9. The average molecular weight is 431 g/mol. The second kappa shape index (κ2) is 10.4. The van der Waals surface area contributed by atoms with E-state index in [4.69, 9.17) is 15.2 Å². The Kier molecular flexibility index (Phi) is 7.84. The molecular formula is C24H34N2O5. The van der Waals surface area contributed by atoms with Crippen LogP contribution in [-0.2, 0) is 29.4 Å². The number of benzene rings is 1. The molecular weight excluding hydrogens is 396 g/mol. The van der Waals surface area contributed by atoms with Gasteiger partial charge in [-0.15, -0.1) is 0 Å². The molecule has 0 bridgehead atoms. The van der Waals surface area contributed by atoms with Gasteiger partial charge in [0.25, 0.3) is 5.91 Å². The van der Waals surface area contributed by atoms with Gasteiger partial charge < -0.3 is 20.0 Å². The normalized spacial score (nSPS) is 26.9. The van der Waals surface area contributed by atoms with Crippen LogP contribution in [0.25, 0.3) is 0 Å². The summed E-state index contributed by atoms with van der Waals surface area (Å²) in [5.41, 5.74) is 5.48. The molecule has 2 aliphatic rings.